The van der Waals surface area contributed by atoms with Gasteiger partial charge in [-0.1, -0.05) is 24.3 Å². The van der Waals surface area contributed by atoms with Crippen molar-refractivity contribution < 1.29 is 29.0 Å². The minimum Gasteiger partial charge on any atom is -0.494 e. The number of fused-ring (bicyclic) bond motifs is 2. The van der Waals surface area contributed by atoms with E-state index in [1.807, 2.05) is 6.07 Å². The van der Waals surface area contributed by atoms with Crippen LogP contribution in [0.4, 0.5) is 0 Å². The van der Waals surface area contributed by atoms with E-state index in [1.54, 1.807) is 42.5 Å². The molecule has 2 N–H and O–H groups in total. The summed E-state index contributed by atoms with van der Waals surface area (Å²) in [6.45, 7) is 1.37. The highest BCUT2D eigenvalue weighted by molar-refractivity contribution is 6.25. The Balaban J connectivity index is 1.64. The second-order valence-electron chi connectivity index (χ2n) is 7.51. The lowest BCUT2D eigenvalue weighted by Gasteiger charge is -2.00. The van der Waals surface area contributed by atoms with Crippen molar-refractivity contribution in [3.05, 3.63) is 87.1 Å². The van der Waals surface area contributed by atoms with Crippen molar-refractivity contribution in [3.63, 3.8) is 0 Å². The molecule has 3 heterocycles. The largest absolute Gasteiger partial charge is 0.494 e. The molecule has 4 aromatic rings. The molecule has 162 valence electrons. The Morgan fingerprint density at radius 1 is 1.03 bits per heavy atom. The van der Waals surface area contributed by atoms with Crippen molar-refractivity contribution >= 4 is 46.4 Å². The minimum absolute atomic E-state index is 0.0472. The molecule has 0 saturated carbocycles. The Bertz CT molecular complexity index is 1750. The normalized spacial score (nSPS) is 14.1. The van der Waals surface area contributed by atoms with Crippen molar-refractivity contribution in [3.8, 4) is 5.88 Å². The third-order valence-corrected chi connectivity index (χ3v) is 5.41. The number of carboxylic acid groups (broad SMARTS) is 1. The molecule has 0 unspecified atom stereocenters. The monoisotopic (exact) mass is 440 g/mol. The maximum Gasteiger partial charge on any atom is 0.335 e. The van der Waals surface area contributed by atoms with Crippen molar-refractivity contribution in [2.45, 2.75) is 6.92 Å². The molecule has 8 nitrogen and oxygen atoms in total. The Morgan fingerprint density at radius 2 is 1.76 bits per heavy atom. The van der Waals surface area contributed by atoms with Gasteiger partial charge in [0.2, 0.25) is 11.8 Å². The molecule has 0 aliphatic carbocycles. The number of para-hydroxylation sites is 1. The number of carbonyl (C=O) groups is 3. The molecule has 0 bridgehead atoms. The first kappa shape index (κ1) is 20.2. The van der Waals surface area contributed by atoms with E-state index in [1.165, 1.54) is 29.7 Å². The van der Waals surface area contributed by atoms with Crippen LogP contribution in [0.15, 0.2) is 64.0 Å². The summed E-state index contributed by atoms with van der Waals surface area (Å²) in [5, 5.41) is 21.3. The number of amides is 1. The van der Waals surface area contributed by atoms with Gasteiger partial charge in [-0.15, -0.1) is 0 Å². The highest BCUT2D eigenvalue weighted by atomic mass is 16.4. The molecule has 1 aliphatic rings. The van der Waals surface area contributed by atoms with Crippen LogP contribution in [-0.4, -0.2) is 32.6 Å². The van der Waals surface area contributed by atoms with E-state index >= 15 is 0 Å². The number of furan rings is 1. The van der Waals surface area contributed by atoms with Crippen LogP contribution in [0, 0.1) is 0 Å². The molecule has 33 heavy (non-hydrogen) atoms. The van der Waals surface area contributed by atoms with Gasteiger partial charge in [0.25, 0.3) is 5.91 Å². The molecule has 0 atom stereocenters. The molecule has 2 aromatic carbocycles. The third kappa shape index (κ3) is 3.34. The van der Waals surface area contributed by atoms with Crippen LogP contribution < -0.4 is 21.4 Å². The Labute approximate surface area is 185 Å². The lowest BCUT2D eigenvalue weighted by molar-refractivity contribution is -0.112. The molecular weight excluding hydrogens is 424 g/mol. The predicted octanol–water partition coefficient (Wildman–Crippen LogP) is 0.918. The van der Waals surface area contributed by atoms with Crippen LogP contribution >= 0.6 is 0 Å². The average molecular weight is 440 g/mol. The van der Waals surface area contributed by atoms with E-state index in [-0.39, 0.29) is 17.4 Å². The summed E-state index contributed by atoms with van der Waals surface area (Å²) in [6, 6.07) is 14.8. The number of hydrogen-bond donors (Lipinski definition) is 2. The first-order valence-electron chi connectivity index (χ1n) is 9.97. The lowest BCUT2D eigenvalue weighted by atomic mass is 10.1. The molecule has 0 spiro atoms. The molecule has 8 heteroatoms. The highest BCUT2D eigenvalue weighted by Crippen LogP contribution is 2.31. The van der Waals surface area contributed by atoms with Gasteiger partial charge in [0, 0.05) is 23.1 Å². The van der Waals surface area contributed by atoms with Gasteiger partial charge in [-0.25, -0.2) is 9.79 Å². The number of carbonyl (C=O) groups excluding carboxylic acids is 2. The van der Waals surface area contributed by atoms with E-state index in [2.05, 4.69) is 4.99 Å². The quantitative estimate of drug-likeness (QED) is 0.489. The van der Waals surface area contributed by atoms with Gasteiger partial charge < -0.3 is 14.6 Å². The SMILES string of the molecule is CC(=O)n1c(O)c(/C=c2/cc/c(=C\C3=c4ccc(C(=O)O)cc4=NC3=O)o2)c2ccccc21. The predicted molar refractivity (Wildman–Crippen MR) is 118 cm³/mol. The van der Waals surface area contributed by atoms with Crippen LogP contribution in [0.3, 0.4) is 0 Å². The molecular formula is C25H16N2O6. The van der Waals surface area contributed by atoms with E-state index in [0.29, 0.717) is 43.4 Å². The van der Waals surface area contributed by atoms with Gasteiger partial charge >= 0.3 is 5.97 Å². The summed E-state index contributed by atoms with van der Waals surface area (Å²) in [5.74, 6) is -2.09. The minimum atomic E-state index is -1.10. The van der Waals surface area contributed by atoms with Gasteiger partial charge in [-0.3, -0.25) is 14.2 Å². The first-order chi connectivity index (χ1) is 15.8. The molecule has 1 aliphatic heterocycles. The van der Waals surface area contributed by atoms with E-state index in [9.17, 15) is 19.5 Å². The number of nitrogens with zero attached hydrogens (tertiary/aromatic N) is 2. The number of carboxylic acids is 1. The molecule has 0 radical (unpaired) electrons. The van der Waals surface area contributed by atoms with Crippen LogP contribution in [0.25, 0.3) is 28.6 Å². The number of aromatic nitrogens is 1. The van der Waals surface area contributed by atoms with Gasteiger partial charge in [0.05, 0.1) is 22.0 Å². The fourth-order valence-electron chi connectivity index (χ4n) is 3.93. The summed E-state index contributed by atoms with van der Waals surface area (Å²) in [6.07, 6.45) is 3.15. The second-order valence-corrected chi connectivity index (χ2v) is 7.51. The summed E-state index contributed by atoms with van der Waals surface area (Å²) >= 11 is 0. The topological polar surface area (TPSA) is 122 Å². The van der Waals surface area contributed by atoms with Crippen LogP contribution in [0.1, 0.15) is 27.6 Å². The van der Waals surface area contributed by atoms with Gasteiger partial charge in [-0.2, -0.15) is 0 Å². The zero-order valence-electron chi connectivity index (χ0n) is 17.3. The lowest BCUT2D eigenvalue weighted by Crippen LogP contribution is -2.24. The first-order valence-corrected chi connectivity index (χ1v) is 9.97. The summed E-state index contributed by atoms with van der Waals surface area (Å²) in [7, 11) is 0. The van der Waals surface area contributed by atoms with Gasteiger partial charge in [-0.05, 0) is 42.5 Å². The maximum absolute atomic E-state index is 12.4. The number of hydrogen-bond acceptors (Lipinski definition) is 5. The fourth-order valence-corrected chi connectivity index (χ4v) is 3.93. The number of aromatic carboxylic acids is 1. The summed E-state index contributed by atoms with van der Waals surface area (Å²) in [5.41, 5.74) is 2.15. The van der Waals surface area contributed by atoms with Crippen molar-refractivity contribution in [1.29, 1.82) is 0 Å². The third-order valence-electron chi connectivity index (χ3n) is 5.41. The standard InChI is InChI=1S/C25H16N2O6/c1-13(28)27-22-5-3-2-4-18(22)20(24(27)30)12-16-8-7-15(33-16)11-19-17-9-6-14(25(31)32)10-21(17)26-23(19)29/h2-12,30H,1H3,(H,31,32)/b15-11+,16-12-. The van der Waals surface area contributed by atoms with E-state index in [0.717, 1.165) is 0 Å². The molecule has 1 amide bonds. The fraction of sp³-hybridized carbons (Fsp3) is 0.0400. The smallest absolute Gasteiger partial charge is 0.335 e. The van der Waals surface area contributed by atoms with Crippen molar-refractivity contribution in [1.82, 2.24) is 4.57 Å². The second kappa shape index (κ2) is 7.45. The zero-order valence-corrected chi connectivity index (χ0v) is 17.3. The number of aromatic hydroxyl groups is 1. The summed E-state index contributed by atoms with van der Waals surface area (Å²) in [4.78, 5) is 39.5. The van der Waals surface area contributed by atoms with Crippen molar-refractivity contribution in [2.75, 3.05) is 0 Å². The molecule has 2 aromatic heterocycles. The Kier molecular flexibility index (Phi) is 4.56. The van der Waals surface area contributed by atoms with Crippen LogP contribution in [0.2, 0.25) is 0 Å². The van der Waals surface area contributed by atoms with Crippen LogP contribution in [-0.2, 0) is 4.79 Å². The number of rotatable bonds is 3. The summed E-state index contributed by atoms with van der Waals surface area (Å²) < 4.78 is 7.05. The molecule has 5 rings (SSSR count). The maximum atomic E-state index is 12.4. The Morgan fingerprint density at radius 3 is 2.48 bits per heavy atom. The van der Waals surface area contributed by atoms with Gasteiger partial charge in [0.1, 0.15) is 10.8 Å². The zero-order chi connectivity index (χ0) is 23.3. The van der Waals surface area contributed by atoms with Crippen LogP contribution in [0.5, 0.6) is 5.88 Å². The van der Waals surface area contributed by atoms with Crippen molar-refractivity contribution in [2.24, 2.45) is 4.99 Å². The molecule has 0 fully saturated rings. The molecule has 0 saturated heterocycles. The highest BCUT2D eigenvalue weighted by Gasteiger charge is 2.18. The van der Waals surface area contributed by atoms with Gasteiger partial charge in [0.15, 0.2) is 0 Å². The van der Waals surface area contributed by atoms with E-state index < -0.39 is 11.9 Å². The van der Waals surface area contributed by atoms with E-state index in [4.69, 9.17) is 9.52 Å². The number of benzene rings is 2. The average Bonchev–Trinajstić information content (AvgIpc) is 3.43. The Hall–Kier alpha value is -4.72.